The number of sulfonamides is 1. The number of fused-ring (bicyclic) bond motifs is 1. The predicted molar refractivity (Wildman–Crippen MR) is 159 cm³/mol. The van der Waals surface area contributed by atoms with E-state index in [-0.39, 0.29) is 35.2 Å². The molecule has 5 rings (SSSR count). The van der Waals surface area contributed by atoms with Crippen molar-refractivity contribution in [3.05, 3.63) is 82.8 Å². The van der Waals surface area contributed by atoms with Crippen molar-refractivity contribution in [1.82, 2.24) is 4.72 Å². The molecule has 1 aliphatic carbocycles. The van der Waals surface area contributed by atoms with Crippen LogP contribution >= 0.6 is 0 Å². The van der Waals surface area contributed by atoms with Crippen LogP contribution in [0.4, 0.5) is 0 Å². The van der Waals surface area contributed by atoms with Crippen molar-refractivity contribution in [1.29, 1.82) is 0 Å². The second-order valence-corrected chi connectivity index (χ2v) is 12.5. The zero-order valence-corrected chi connectivity index (χ0v) is 28.1. The van der Waals surface area contributed by atoms with Crippen molar-refractivity contribution >= 4 is 16.0 Å². The number of carboxylic acid groups (broad SMARTS) is 1. The van der Waals surface area contributed by atoms with Crippen molar-refractivity contribution in [2.75, 3.05) is 19.4 Å². The van der Waals surface area contributed by atoms with Gasteiger partial charge in [-0.1, -0.05) is 24.3 Å². The SMILES string of the molecule is CC(=O)O.Cc1cc(OCCCNS(C)(=O)=O)cc(C)c1-c1cccc(COc2ccc3c(c2)OC2([CH-]3)CC2)c1C.[Na+]. The molecule has 0 amide bonds. The zero-order chi connectivity index (χ0) is 29.8. The van der Waals surface area contributed by atoms with Crippen molar-refractivity contribution in [3.63, 3.8) is 0 Å². The maximum atomic E-state index is 11.2. The molecule has 0 atom stereocenters. The van der Waals surface area contributed by atoms with Crippen LogP contribution in [-0.2, 0) is 21.4 Å². The molecule has 1 aliphatic heterocycles. The molecule has 220 valence electrons. The Balaban J connectivity index is 0.000000911. The van der Waals surface area contributed by atoms with Crippen LogP contribution in [0.5, 0.6) is 17.2 Å². The fraction of sp³-hybridized carbons (Fsp3) is 0.375. The van der Waals surface area contributed by atoms with E-state index in [2.05, 4.69) is 56.2 Å². The molecule has 2 aliphatic rings. The molecule has 1 spiro atoms. The van der Waals surface area contributed by atoms with E-state index in [9.17, 15) is 8.42 Å². The summed E-state index contributed by atoms with van der Waals surface area (Å²) in [5.41, 5.74) is 8.09. The Morgan fingerprint density at radius 1 is 1.05 bits per heavy atom. The minimum absolute atomic E-state index is 0. The molecule has 8 nitrogen and oxygen atoms in total. The first-order valence-electron chi connectivity index (χ1n) is 13.6. The van der Waals surface area contributed by atoms with E-state index >= 15 is 0 Å². The maximum Gasteiger partial charge on any atom is 1.00 e. The van der Waals surface area contributed by atoms with Gasteiger partial charge in [-0.3, -0.25) is 4.79 Å². The molecule has 0 saturated heterocycles. The smallest absolute Gasteiger partial charge is 0.552 e. The summed E-state index contributed by atoms with van der Waals surface area (Å²) in [5, 5.41) is 7.42. The number of carbonyl (C=O) groups is 1. The van der Waals surface area contributed by atoms with Gasteiger partial charge in [0, 0.05) is 19.2 Å². The van der Waals surface area contributed by atoms with E-state index in [1.165, 1.54) is 16.7 Å². The van der Waals surface area contributed by atoms with E-state index in [0.717, 1.165) is 65.5 Å². The predicted octanol–water partition coefficient (Wildman–Crippen LogP) is 2.75. The second-order valence-electron chi connectivity index (χ2n) is 10.7. The van der Waals surface area contributed by atoms with E-state index in [1.54, 1.807) is 0 Å². The molecular formula is C32H38NNaO7S. The summed E-state index contributed by atoms with van der Waals surface area (Å²) < 4.78 is 43.1. The van der Waals surface area contributed by atoms with E-state index in [0.29, 0.717) is 26.2 Å². The molecule has 10 heteroatoms. The van der Waals surface area contributed by atoms with Gasteiger partial charge in [-0.25, -0.2) is 13.1 Å². The first kappa shape index (κ1) is 33.8. The number of hydrogen-bond donors (Lipinski definition) is 2. The molecule has 0 bridgehead atoms. The van der Waals surface area contributed by atoms with Gasteiger partial charge in [0.15, 0.2) is 0 Å². The minimum Gasteiger partial charge on any atom is -0.552 e. The monoisotopic (exact) mass is 603 g/mol. The molecule has 0 radical (unpaired) electrons. The molecule has 1 heterocycles. The quantitative estimate of drug-likeness (QED) is 0.208. The Labute approximate surface area is 271 Å². The first-order valence-corrected chi connectivity index (χ1v) is 15.5. The van der Waals surface area contributed by atoms with Gasteiger partial charge in [0.2, 0.25) is 10.0 Å². The van der Waals surface area contributed by atoms with E-state index in [4.69, 9.17) is 24.1 Å². The third-order valence-corrected chi connectivity index (χ3v) is 7.76. The molecule has 0 aromatic heterocycles. The number of aryl methyl sites for hydroxylation is 2. The van der Waals surface area contributed by atoms with Gasteiger partial charge in [-0.05, 0) is 91.6 Å². The molecule has 2 N–H and O–H groups in total. The van der Waals surface area contributed by atoms with Gasteiger partial charge in [-0.15, -0.1) is 12.0 Å². The van der Waals surface area contributed by atoms with Crippen LogP contribution in [0.3, 0.4) is 0 Å². The number of aliphatic carboxylic acids is 1. The average Bonchev–Trinajstić information content (AvgIpc) is 3.51. The molecular weight excluding hydrogens is 565 g/mol. The van der Waals surface area contributed by atoms with Crippen molar-refractivity contribution in [3.8, 4) is 28.4 Å². The second kappa shape index (κ2) is 14.2. The summed E-state index contributed by atoms with van der Waals surface area (Å²) in [7, 11) is -3.17. The molecule has 0 unspecified atom stereocenters. The number of carboxylic acids is 1. The fourth-order valence-electron chi connectivity index (χ4n) is 4.94. The van der Waals surface area contributed by atoms with Crippen molar-refractivity contribution < 1.29 is 62.1 Å². The van der Waals surface area contributed by atoms with Gasteiger partial charge >= 0.3 is 29.6 Å². The largest absolute Gasteiger partial charge is 1.00 e. The van der Waals surface area contributed by atoms with Gasteiger partial charge in [-0.2, -0.15) is 6.07 Å². The number of rotatable bonds is 10. The third kappa shape index (κ3) is 9.15. The normalized spacial score (nSPS) is 13.9. The Morgan fingerprint density at radius 2 is 1.71 bits per heavy atom. The van der Waals surface area contributed by atoms with Gasteiger partial charge < -0.3 is 19.3 Å². The van der Waals surface area contributed by atoms with Crippen molar-refractivity contribution in [2.24, 2.45) is 0 Å². The topological polar surface area (TPSA) is 111 Å². The summed E-state index contributed by atoms with van der Waals surface area (Å²) in [4.78, 5) is 9.00. The molecule has 42 heavy (non-hydrogen) atoms. The Morgan fingerprint density at radius 3 is 2.33 bits per heavy atom. The summed E-state index contributed by atoms with van der Waals surface area (Å²) in [6.07, 6.45) is 6.18. The summed E-state index contributed by atoms with van der Waals surface area (Å²) in [6, 6.07) is 16.5. The average molecular weight is 604 g/mol. The van der Waals surface area contributed by atoms with Crippen LogP contribution in [0.25, 0.3) is 11.1 Å². The van der Waals surface area contributed by atoms with E-state index < -0.39 is 16.0 Å². The molecule has 1 fully saturated rings. The number of nitrogens with one attached hydrogen (secondary N) is 1. The Bertz CT molecular complexity index is 1510. The summed E-state index contributed by atoms with van der Waals surface area (Å²) in [5.74, 6) is 1.69. The fourth-order valence-corrected chi connectivity index (χ4v) is 5.45. The van der Waals surface area contributed by atoms with Crippen molar-refractivity contribution in [2.45, 2.75) is 59.2 Å². The van der Waals surface area contributed by atoms with Gasteiger partial charge in [0.1, 0.15) is 12.4 Å². The van der Waals surface area contributed by atoms with E-state index in [1.807, 2.05) is 24.3 Å². The third-order valence-electron chi connectivity index (χ3n) is 7.03. The first-order chi connectivity index (χ1) is 19.4. The van der Waals surface area contributed by atoms with Crippen LogP contribution < -0.4 is 48.5 Å². The van der Waals surface area contributed by atoms with Crippen LogP contribution in [0, 0.1) is 27.2 Å². The van der Waals surface area contributed by atoms with Crippen LogP contribution in [0.15, 0.2) is 48.5 Å². The number of ether oxygens (including phenoxy) is 3. The standard InChI is InChI=1S/C30H34NO5S.C2H4O2.Na/c1-20-15-26(34-14-6-13-31-37(4,32)33)16-21(2)29(20)27-8-5-7-24(22(27)3)19-35-25-10-9-23-18-30(11-12-30)36-28(23)17-25;1-2(3)4;/h5,7-10,15-18,31H,6,11-14,19H2,1-4H3;1H3,(H,3,4);/q-1;;+1. The number of benzene rings is 3. The van der Waals surface area contributed by atoms with Gasteiger partial charge in [0.25, 0.3) is 5.97 Å². The Hall–Kier alpha value is -2.69. The molecule has 1 saturated carbocycles. The summed E-state index contributed by atoms with van der Waals surface area (Å²) in [6.45, 7) is 8.70. The van der Waals surface area contributed by atoms with Crippen LogP contribution in [-0.4, -0.2) is 44.5 Å². The van der Waals surface area contributed by atoms with Gasteiger partial charge in [0.05, 0.1) is 24.2 Å². The van der Waals surface area contributed by atoms with Crippen LogP contribution in [0.1, 0.15) is 54.0 Å². The zero-order valence-electron chi connectivity index (χ0n) is 25.2. The molecule has 3 aromatic rings. The summed E-state index contributed by atoms with van der Waals surface area (Å²) >= 11 is 0. The molecule has 3 aromatic carbocycles. The minimum atomic E-state index is -3.17. The Kier molecular flexibility index (Phi) is 11.4. The maximum absolute atomic E-state index is 11.2. The number of hydrogen-bond acceptors (Lipinski definition) is 6. The van der Waals surface area contributed by atoms with Crippen LogP contribution in [0.2, 0.25) is 0 Å².